The maximum atomic E-state index is 4.46. The molecule has 0 aromatic carbocycles. The summed E-state index contributed by atoms with van der Waals surface area (Å²) >= 11 is 1.76. The van der Waals surface area contributed by atoms with Crippen molar-refractivity contribution in [2.24, 2.45) is 10.4 Å². The zero-order valence-corrected chi connectivity index (χ0v) is 14.7. The third-order valence-electron chi connectivity index (χ3n) is 4.32. The number of nitrogens with one attached hydrogen (secondary N) is 2. The minimum absolute atomic E-state index is 0.506. The minimum Gasteiger partial charge on any atom is -0.354 e. The Labute approximate surface area is 132 Å². The van der Waals surface area contributed by atoms with E-state index in [4.69, 9.17) is 0 Å². The SMILES string of the molecule is CN=C(NCc1sc(C)nc1C)NC1CCC(C)(C)CC1. The van der Waals surface area contributed by atoms with E-state index in [1.165, 1.54) is 30.6 Å². The smallest absolute Gasteiger partial charge is 0.191 e. The number of hydrogen-bond acceptors (Lipinski definition) is 3. The number of aliphatic imine (C=N–C) groups is 1. The highest BCUT2D eigenvalue weighted by molar-refractivity contribution is 7.11. The molecule has 1 aliphatic rings. The van der Waals surface area contributed by atoms with Gasteiger partial charge in [-0.2, -0.15) is 0 Å². The topological polar surface area (TPSA) is 49.3 Å². The second-order valence-electron chi connectivity index (χ2n) is 6.75. The summed E-state index contributed by atoms with van der Waals surface area (Å²) in [7, 11) is 1.84. The fraction of sp³-hybridized carbons (Fsp3) is 0.750. The number of nitrogens with zero attached hydrogens (tertiary/aromatic N) is 2. The van der Waals surface area contributed by atoms with Crippen molar-refractivity contribution in [2.75, 3.05) is 7.05 Å². The number of aryl methyl sites for hydroxylation is 2. The Balaban J connectivity index is 1.83. The lowest BCUT2D eigenvalue weighted by atomic mass is 9.75. The molecule has 1 aromatic heterocycles. The first-order valence-electron chi connectivity index (χ1n) is 7.80. The van der Waals surface area contributed by atoms with Gasteiger partial charge in [-0.05, 0) is 44.9 Å². The molecule has 0 spiro atoms. The van der Waals surface area contributed by atoms with Gasteiger partial charge in [-0.3, -0.25) is 4.99 Å². The molecule has 2 N–H and O–H groups in total. The van der Waals surface area contributed by atoms with E-state index in [-0.39, 0.29) is 0 Å². The summed E-state index contributed by atoms with van der Waals surface area (Å²) in [6.07, 6.45) is 5.03. The highest BCUT2D eigenvalue weighted by Crippen LogP contribution is 2.34. The van der Waals surface area contributed by atoms with Crippen LogP contribution in [0.1, 0.15) is 55.1 Å². The van der Waals surface area contributed by atoms with E-state index in [1.807, 2.05) is 7.05 Å². The van der Waals surface area contributed by atoms with Crippen LogP contribution in [-0.2, 0) is 6.54 Å². The van der Waals surface area contributed by atoms with Crippen LogP contribution in [0.2, 0.25) is 0 Å². The van der Waals surface area contributed by atoms with Crippen LogP contribution in [0.25, 0.3) is 0 Å². The summed E-state index contributed by atoms with van der Waals surface area (Å²) in [4.78, 5) is 10.1. The molecule has 1 aliphatic carbocycles. The van der Waals surface area contributed by atoms with Crippen LogP contribution in [0.3, 0.4) is 0 Å². The Morgan fingerprint density at radius 3 is 2.52 bits per heavy atom. The molecule has 1 aromatic rings. The van der Waals surface area contributed by atoms with E-state index in [0.717, 1.165) is 23.2 Å². The van der Waals surface area contributed by atoms with Crippen LogP contribution >= 0.6 is 11.3 Å². The summed E-state index contributed by atoms with van der Waals surface area (Å²) in [6, 6.07) is 0.550. The second kappa shape index (κ2) is 6.77. The molecule has 5 heteroatoms. The van der Waals surface area contributed by atoms with Crippen LogP contribution in [0.5, 0.6) is 0 Å². The number of rotatable bonds is 3. The first kappa shape index (κ1) is 16.3. The van der Waals surface area contributed by atoms with Gasteiger partial charge in [-0.15, -0.1) is 11.3 Å². The van der Waals surface area contributed by atoms with Crippen LogP contribution < -0.4 is 10.6 Å². The van der Waals surface area contributed by atoms with Gasteiger partial charge >= 0.3 is 0 Å². The van der Waals surface area contributed by atoms with Crippen molar-refractivity contribution in [3.05, 3.63) is 15.6 Å². The molecule has 1 fully saturated rings. The number of guanidine groups is 1. The van der Waals surface area contributed by atoms with Gasteiger partial charge in [-0.1, -0.05) is 13.8 Å². The molecule has 1 saturated carbocycles. The van der Waals surface area contributed by atoms with Gasteiger partial charge in [0.2, 0.25) is 0 Å². The standard InChI is InChI=1S/C16H28N4S/c1-11-14(21-12(2)19-11)10-18-15(17-5)20-13-6-8-16(3,4)9-7-13/h13H,6-10H2,1-5H3,(H2,17,18,20). The molecule has 4 nitrogen and oxygen atoms in total. The van der Waals surface area contributed by atoms with Crippen molar-refractivity contribution in [2.45, 2.75) is 66.0 Å². The van der Waals surface area contributed by atoms with E-state index in [0.29, 0.717) is 11.5 Å². The van der Waals surface area contributed by atoms with Gasteiger partial charge in [0.1, 0.15) is 0 Å². The van der Waals surface area contributed by atoms with E-state index >= 15 is 0 Å². The van der Waals surface area contributed by atoms with Crippen LogP contribution in [-0.4, -0.2) is 24.0 Å². The van der Waals surface area contributed by atoms with Crippen molar-refractivity contribution in [1.29, 1.82) is 0 Å². The molecule has 0 atom stereocenters. The quantitative estimate of drug-likeness (QED) is 0.665. The number of aromatic nitrogens is 1. The number of thiazole rings is 1. The predicted molar refractivity (Wildman–Crippen MR) is 91.0 cm³/mol. The van der Waals surface area contributed by atoms with Crippen molar-refractivity contribution < 1.29 is 0 Å². The summed E-state index contributed by atoms with van der Waals surface area (Å²) in [6.45, 7) is 9.66. The van der Waals surface area contributed by atoms with E-state index < -0.39 is 0 Å². The zero-order chi connectivity index (χ0) is 15.5. The molecule has 0 amide bonds. The van der Waals surface area contributed by atoms with Crippen molar-refractivity contribution in [3.8, 4) is 0 Å². The molecule has 1 heterocycles. The molecule has 0 bridgehead atoms. The third kappa shape index (κ3) is 4.70. The van der Waals surface area contributed by atoms with Crippen LogP contribution in [0.4, 0.5) is 0 Å². The van der Waals surface area contributed by atoms with Crippen molar-refractivity contribution >= 4 is 17.3 Å². The molecule has 0 saturated heterocycles. The molecular weight excluding hydrogens is 280 g/mol. The molecule has 0 radical (unpaired) electrons. The summed E-state index contributed by atoms with van der Waals surface area (Å²) in [5, 5.41) is 8.11. The Kier molecular flexibility index (Phi) is 5.25. The van der Waals surface area contributed by atoms with Crippen molar-refractivity contribution in [3.63, 3.8) is 0 Å². The fourth-order valence-electron chi connectivity index (χ4n) is 2.83. The zero-order valence-electron chi connectivity index (χ0n) is 13.9. The van der Waals surface area contributed by atoms with Crippen LogP contribution in [0, 0.1) is 19.3 Å². The normalized spacial score (nSPS) is 19.6. The van der Waals surface area contributed by atoms with Crippen LogP contribution in [0.15, 0.2) is 4.99 Å². The Morgan fingerprint density at radius 2 is 2.00 bits per heavy atom. The maximum absolute atomic E-state index is 4.46. The molecule has 0 aliphatic heterocycles. The first-order chi connectivity index (χ1) is 9.89. The monoisotopic (exact) mass is 308 g/mol. The first-order valence-corrected chi connectivity index (χ1v) is 8.61. The Hall–Kier alpha value is -1.10. The van der Waals surface area contributed by atoms with E-state index in [9.17, 15) is 0 Å². The minimum atomic E-state index is 0.506. The molecule has 0 unspecified atom stereocenters. The molecule has 2 rings (SSSR count). The van der Waals surface area contributed by atoms with Crippen molar-refractivity contribution in [1.82, 2.24) is 15.6 Å². The van der Waals surface area contributed by atoms with Gasteiger partial charge in [0.25, 0.3) is 0 Å². The van der Waals surface area contributed by atoms with E-state index in [1.54, 1.807) is 11.3 Å². The largest absolute Gasteiger partial charge is 0.354 e. The lowest BCUT2D eigenvalue weighted by Gasteiger charge is -2.35. The van der Waals surface area contributed by atoms with Gasteiger partial charge < -0.3 is 10.6 Å². The maximum Gasteiger partial charge on any atom is 0.191 e. The van der Waals surface area contributed by atoms with Gasteiger partial charge in [0.05, 0.1) is 17.2 Å². The lowest BCUT2D eigenvalue weighted by molar-refractivity contribution is 0.216. The summed E-state index contributed by atoms with van der Waals surface area (Å²) in [5.41, 5.74) is 1.63. The highest BCUT2D eigenvalue weighted by atomic mass is 32.1. The predicted octanol–water partition coefficient (Wildman–Crippen LogP) is 3.39. The van der Waals surface area contributed by atoms with E-state index in [2.05, 4.69) is 48.3 Å². The molecular formula is C16H28N4S. The average Bonchev–Trinajstić information content (AvgIpc) is 2.75. The van der Waals surface area contributed by atoms with Gasteiger partial charge in [0.15, 0.2) is 5.96 Å². The molecule has 118 valence electrons. The second-order valence-corrected chi connectivity index (χ2v) is 8.04. The Bertz CT molecular complexity index is 494. The highest BCUT2D eigenvalue weighted by Gasteiger charge is 2.27. The Morgan fingerprint density at radius 1 is 1.33 bits per heavy atom. The summed E-state index contributed by atoms with van der Waals surface area (Å²) in [5.74, 6) is 0.908. The lowest BCUT2D eigenvalue weighted by Crippen LogP contribution is -2.45. The van der Waals surface area contributed by atoms with Gasteiger partial charge in [0, 0.05) is 18.0 Å². The fourth-order valence-corrected chi connectivity index (χ4v) is 3.71. The van der Waals surface area contributed by atoms with Gasteiger partial charge in [-0.25, -0.2) is 4.98 Å². The number of hydrogen-bond donors (Lipinski definition) is 2. The molecule has 21 heavy (non-hydrogen) atoms. The average molecular weight is 308 g/mol. The summed E-state index contributed by atoms with van der Waals surface area (Å²) < 4.78 is 0. The third-order valence-corrected chi connectivity index (χ3v) is 5.39.